The van der Waals surface area contributed by atoms with Crippen LogP contribution in [0, 0.1) is 0 Å². The molecule has 1 aromatic carbocycles. The van der Waals surface area contributed by atoms with E-state index < -0.39 is 5.97 Å². The molecule has 0 unspecified atom stereocenters. The molecule has 3 N–H and O–H groups in total. The zero-order valence-electron chi connectivity index (χ0n) is 11.5. The predicted octanol–water partition coefficient (Wildman–Crippen LogP) is 2.19. The van der Waals surface area contributed by atoms with E-state index in [0.717, 1.165) is 17.7 Å². The van der Waals surface area contributed by atoms with Gasteiger partial charge < -0.3 is 15.7 Å². The fourth-order valence-electron chi connectivity index (χ4n) is 1.86. The van der Waals surface area contributed by atoms with Crippen LogP contribution in [-0.4, -0.2) is 36.6 Å². The third-order valence-electron chi connectivity index (χ3n) is 3.01. The van der Waals surface area contributed by atoms with Gasteiger partial charge in [0, 0.05) is 12.2 Å². The smallest absolute Gasteiger partial charge is 0.336 e. The number of likely N-dealkylation sites (N-methyl/N-ethyl adjacent to an activating group) is 1. The van der Waals surface area contributed by atoms with Crippen molar-refractivity contribution in [2.24, 2.45) is 0 Å². The van der Waals surface area contributed by atoms with E-state index in [1.54, 1.807) is 6.07 Å². The summed E-state index contributed by atoms with van der Waals surface area (Å²) in [4.78, 5) is 13.3. The first-order chi connectivity index (χ1) is 8.32. The third-order valence-corrected chi connectivity index (χ3v) is 3.01. The molecule has 1 rings (SSSR count). The van der Waals surface area contributed by atoms with Crippen molar-refractivity contribution in [1.82, 2.24) is 4.90 Å². The summed E-state index contributed by atoms with van der Waals surface area (Å²) >= 11 is 0. The monoisotopic (exact) mass is 250 g/mol. The number of aromatic carboxylic acids is 1. The number of carboxylic acid groups (broad SMARTS) is 1. The molecule has 100 valence electrons. The maximum atomic E-state index is 11.3. The molecule has 0 aliphatic rings. The molecule has 4 nitrogen and oxygen atoms in total. The van der Waals surface area contributed by atoms with Gasteiger partial charge in [0.05, 0.1) is 5.56 Å². The Labute approximate surface area is 108 Å². The third kappa shape index (κ3) is 3.47. The molecule has 4 heteroatoms. The van der Waals surface area contributed by atoms with Crippen LogP contribution in [0.5, 0.6) is 0 Å². The fourth-order valence-corrected chi connectivity index (χ4v) is 1.86. The molecule has 0 amide bonds. The number of nitrogens with two attached hydrogens (primary N) is 1. The fraction of sp³-hybridized carbons (Fsp3) is 0.500. The Morgan fingerprint density at radius 3 is 2.44 bits per heavy atom. The quantitative estimate of drug-likeness (QED) is 0.786. The first-order valence-corrected chi connectivity index (χ1v) is 6.13. The molecule has 0 fully saturated rings. The highest BCUT2D eigenvalue weighted by molar-refractivity contribution is 5.91. The van der Waals surface area contributed by atoms with Crippen LogP contribution in [0.1, 0.15) is 41.3 Å². The number of anilines is 1. The standard InChI is InChI=1S/C14H22N2O2/c1-9(2)10-7-12(14(17)18)11(13(15)8-10)5-6-16(3)4/h7-9H,5-6,15H2,1-4H3,(H,17,18). The minimum atomic E-state index is -0.905. The minimum Gasteiger partial charge on any atom is -0.478 e. The lowest BCUT2D eigenvalue weighted by Gasteiger charge is -2.16. The Balaban J connectivity index is 3.19. The molecule has 0 saturated carbocycles. The average Bonchev–Trinajstić information content (AvgIpc) is 2.25. The van der Waals surface area contributed by atoms with E-state index >= 15 is 0 Å². The summed E-state index contributed by atoms with van der Waals surface area (Å²) in [6.45, 7) is 4.84. The number of hydrogen-bond donors (Lipinski definition) is 2. The number of benzene rings is 1. The first-order valence-electron chi connectivity index (χ1n) is 6.13. The summed E-state index contributed by atoms with van der Waals surface area (Å²) in [5, 5.41) is 9.29. The number of rotatable bonds is 5. The van der Waals surface area contributed by atoms with Crippen LogP contribution < -0.4 is 5.73 Å². The normalized spacial score (nSPS) is 11.2. The van der Waals surface area contributed by atoms with Gasteiger partial charge in [-0.15, -0.1) is 0 Å². The molecule has 0 bridgehead atoms. The maximum absolute atomic E-state index is 11.3. The summed E-state index contributed by atoms with van der Waals surface area (Å²) in [7, 11) is 3.91. The van der Waals surface area contributed by atoms with Gasteiger partial charge in [0.1, 0.15) is 0 Å². The van der Waals surface area contributed by atoms with Gasteiger partial charge in [0.25, 0.3) is 0 Å². The minimum absolute atomic E-state index is 0.272. The van der Waals surface area contributed by atoms with Crippen LogP contribution in [0.2, 0.25) is 0 Å². The highest BCUT2D eigenvalue weighted by Crippen LogP contribution is 2.25. The first kappa shape index (κ1) is 14.5. The molecule has 0 saturated heterocycles. The van der Waals surface area contributed by atoms with Crippen LogP contribution in [0.4, 0.5) is 5.69 Å². The molecule has 0 atom stereocenters. The van der Waals surface area contributed by atoms with E-state index in [9.17, 15) is 9.90 Å². The van der Waals surface area contributed by atoms with Crippen molar-refractivity contribution in [3.05, 3.63) is 28.8 Å². The summed E-state index contributed by atoms with van der Waals surface area (Å²) < 4.78 is 0. The van der Waals surface area contributed by atoms with Gasteiger partial charge >= 0.3 is 5.97 Å². The van der Waals surface area contributed by atoms with Crippen molar-refractivity contribution in [2.45, 2.75) is 26.2 Å². The van der Waals surface area contributed by atoms with Gasteiger partial charge in [-0.2, -0.15) is 0 Å². The Morgan fingerprint density at radius 2 is 2.00 bits per heavy atom. The summed E-state index contributed by atoms with van der Waals surface area (Å²) in [6.07, 6.45) is 0.652. The van der Waals surface area contributed by atoms with Gasteiger partial charge in [-0.05, 0) is 49.7 Å². The molecule has 0 spiro atoms. The second kappa shape index (κ2) is 5.87. The van der Waals surface area contributed by atoms with Crippen molar-refractivity contribution in [1.29, 1.82) is 0 Å². The van der Waals surface area contributed by atoms with E-state index in [1.807, 2.05) is 38.9 Å². The van der Waals surface area contributed by atoms with Gasteiger partial charge in [0.15, 0.2) is 0 Å². The van der Waals surface area contributed by atoms with Gasteiger partial charge in [-0.25, -0.2) is 4.79 Å². The largest absolute Gasteiger partial charge is 0.478 e. The predicted molar refractivity (Wildman–Crippen MR) is 74.2 cm³/mol. The van der Waals surface area contributed by atoms with Crippen molar-refractivity contribution < 1.29 is 9.90 Å². The average molecular weight is 250 g/mol. The van der Waals surface area contributed by atoms with E-state index in [0.29, 0.717) is 17.7 Å². The number of carbonyl (C=O) groups is 1. The summed E-state index contributed by atoms with van der Waals surface area (Å²) in [6, 6.07) is 3.64. The number of carboxylic acids is 1. The van der Waals surface area contributed by atoms with Crippen molar-refractivity contribution >= 4 is 11.7 Å². The lowest BCUT2D eigenvalue weighted by atomic mass is 9.94. The lowest BCUT2D eigenvalue weighted by molar-refractivity contribution is 0.0695. The lowest BCUT2D eigenvalue weighted by Crippen LogP contribution is -2.18. The summed E-state index contributed by atoms with van der Waals surface area (Å²) in [5.41, 5.74) is 8.63. The van der Waals surface area contributed by atoms with E-state index in [4.69, 9.17) is 5.73 Å². The molecular formula is C14H22N2O2. The second-order valence-corrected chi connectivity index (χ2v) is 5.15. The molecule has 18 heavy (non-hydrogen) atoms. The van der Waals surface area contributed by atoms with Crippen LogP contribution in [0.25, 0.3) is 0 Å². The Kier molecular flexibility index (Phi) is 4.73. The summed E-state index contributed by atoms with van der Waals surface area (Å²) in [5.74, 6) is -0.633. The van der Waals surface area contributed by atoms with Crippen LogP contribution in [0.3, 0.4) is 0 Å². The van der Waals surface area contributed by atoms with Crippen LogP contribution in [0.15, 0.2) is 12.1 Å². The number of nitrogen functional groups attached to an aromatic ring is 1. The Hall–Kier alpha value is -1.55. The maximum Gasteiger partial charge on any atom is 0.336 e. The van der Waals surface area contributed by atoms with Crippen LogP contribution >= 0.6 is 0 Å². The molecular weight excluding hydrogens is 228 g/mol. The van der Waals surface area contributed by atoms with Gasteiger partial charge in [-0.3, -0.25) is 0 Å². The van der Waals surface area contributed by atoms with E-state index in [2.05, 4.69) is 0 Å². The highest BCUT2D eigenvalue weighted by Gasteiger charge is 2.16. The Bertz CT molecular complexity index is 440. The number of hydrogen-bond acceptors (Lipinski definition) is 3. The molecule has 0 aromatic heterocycles. The van der Waals surface area contributed by atoms with Gasteiger partial charge in [-0.1, -0.05) is 13.8 Å². The molecule has 0 radical (unpaired) electrons. The second-order valence-electron chi connectivity index (χ2n) is 5.15. The van der Waals surface area contributed by atoms with Crippen LogP contribution in [-0.2, 0) is 6.42 Å². The zero-order valence-corrected chi connectivity index (χ0v) is 11.5. The van der Waals surface area contributed by atoms with Crippen molar-refractivity contribution in [2.75, 3.05) is 26.4 Å². The molecule has 0 aliphatic carbocycles. The topological polar surface area (TPSA) is 66.6 Å². The van der Waals surface area contributed by atoms with Gasteiger partial charge in [0.2, 0.25) is 0 Å². The zero-order chi connectivity index (χ0) is 13.9. The highest BCUT2D eigenvalue weighted by atomic mass is 16.4. The number of nitrogens with zero attached hydrogens (tertiary/aromatic N) is 1. The SMILES string of the molecule is CC(C)c1cc(N)c(CCN(C)C)c(C(=O)O)c1. The van der Waals surface area contributed by atoms with E-state index in [-0.39, 0.29) is 5.92 Å². The van der Waals surface area contributed by atoms with Crippen molar-refractivity contribution in [3.63, 3.8) is 0 Å². The van der Waals surface area contributed by atoms with Crippen molar-refractivity contribution in [3.8, 4) is 0 Å². The Morgan fingerprint density at radius 1 is 1.39 bits per heavy atom. The molecule has 1 aromatic rings. The molecule has 0 aliphatic heterocycles. The molecule has 0 heterocycles. The van der Waals surface area contributed by atoms with E-state index in [1.165, 1.54) is 0 Å².